The van der Waals surface area contributed by atoms with Gasteiger partial charge in [-0.25, -0.2) is 9.18 Å². The Morgan fingerprint density at radius 3 is 2.78 bits per heavy atom. The summed E-state index contributed by atoms with van der Waals surface area (Å²) in [6.45, 7) is 0.350. The second-order valence-corrected chi connectivity index (χ2v) is 4.51. The second kappa shape index (κ2) is 3.69. The fraction of sp³-hybridized carbons (Fsp3) is 0.333. The van der Waals surface area contributed by atoms with E-state index in [1.54, 1.807) is 0 Å². The Kier molecular flexibility index (Phi) is 2.26. The van der Waals surface area contributed by atoms with E-state index in [1.807, 2.05) is 0 Å². The molecule has 18 heavy (non-hydrogen) atoms. The van der Waals surface area contributed by atoms with Gasteiger partial charge in [0.25, 0.3) is 0 Å². The number of rotatable bonds is 2. The fourth-order valence-corrected chi connectivity index (χ4v) is 2.60. The van der Waals surface area contributed by atoms with Gasteiger partial charge in [-0.05, 0) is 17.7 Å². The number of benzene rings is 1. The molecule has 0 spiro atoms. The third-order valence-electron chi connectivity index (χ3n) is 3.47. The van der Waals surface area contributed by atoms with Crippen molar-refractivity contribution in [2.24, 2.45) is 11.8 Å². The number of amides is 1. The summed E-state index contributed by atoms with van der Waals surface area (Å²) in [4.78, 5) is 21.7. The van der Waals surface area contributed by atoms with Gasteiger partial charge in [-0.2, -0.15) is 0 Å². The quantitative estimate of drug-likeness (QED) is 0.786. The number of ether oxygens (including phenoxy) is 1. The van der Waals surface area contributed by atoms with E-state index in [0.717, 1.165) is 6.07 Å². The number of fused-ring (bicyclic) bond motifs is 1. The monoisotopic (exact) mass is 251 g/mol. The molecule has 94 valence electrons. The van der Waals surface area contributed by atoms with Crippen LogP contribution in [-0.4, -0.2) is 23.8 Å². The molecule has 3 atom stereocenters. The molecule has 2 aliphatic rings. The summed E-state index contributed by atoms with van der Waals surface area (Å²) in [7, 11) is 0. The molecule has 1 aromatic carbocycles. The van der Waals surface area contributed by atoms with Crippen molar-refractivity contribution in [3.63, 3.8) is 0 Å². The van der Waals surface area contributed by atoms with E-state index >= 15 is 0 Å². The van der Waals surface area contributed by atoms with Crippen molar-refractivity contribution in [2.75, 3.05) is 11.9 Å². The molecule has 1 aliphatic heterocycles. The van der Waals surface area contributed by atoms with Gasteiger partial charge in [0.2, 0.25) is 0 Å². The maximum atomic E-state index is 13.8. The number of esters is 1. The summed E-state index contributed by atoms with van der Waals surface area (Å²) in [5, 5.41) is 10.6. The largest absolute Gasteiger partial charge is 0.465 e. The first-order chi connectivity index (χ1) is 8.58. The van der Waals surface area contributed by atoms with Gasteiger partial charge in [0, 0.05) is 17.5 Å². The first kappa shape index (κ1) is 11.0. The average molecular weight is 251 g/mol. The number of carbonyl (C=O) groups is 2. The zero-order valence-corrected chi connectivity index (χ0v) is 9.22. The van der Waals surface area contributed by atoms with Crippen LogP contribution in [0.15, 0.2) is 18.2 Å². The maximum absolute atomic E-state index is 13.8. The molecule has 2 fully saturated rings. The lowest BCUT2D eigenvalue weighted by atomic mass is 10.1. The molecule has 2 N–H and O–H groups in total. The lowest BCUT2D eigenvalue weighted by Gasteiger charge is -2.08. The van der Waals surface area contributed by atoms with E-state index < -0.39 is 11.9 Å². The molecule has 3 rings (SSSR count). The highest BCUT2D eigenvalue weighted by Crippen LogP contribution is 2.58. The molecule has 1 saturated carbocycles. The number of carbonyl (C=O) groups excluding carboxylic acids is 1. The minimum atomic E-state index is -1.24. The second-order valence-electron chi connectivity index (χ2n) is 4.51. The van der Waals surface area contributed by atoms with Crippen LogP contribution in [0.3, 0.4) is 0 Å². The van der Waals surface area contributed by atoms with Crippen LogP contribution in [-0.2, 0) is 9.53 Å². The Labute approximate surface area is 102 Å². The Balaban J connectivity index is 1.82. The Morgan fingerprint density at radius 2 is 2.22 bits per heavy atom. The molecular weight excluding hydrogens is 241 g/mol. The Bertz CT molecular complexity index is 545. The molecule has 0 aromatic heterocycles. The van der Waals surface area contributed by atoms with Crippen molar-refractivity contribution in [1.82, 2.24) is 0 Å². The van der Waals surface area contributed by atoms with Gasteiger partial charge in [-0.1, -0.05) is 6.07 Å². The average Bonchev–Trinajstić information content (AvgIpc) is 2.87. The van der Waals surface area contributed by atoms with Crippen LogP contribution in [0.5, 0.6) is 0 Å². The lowest BCUT2D eigenvalue weighted by Crippen LogP contribution is -2.08. The standard InChI is InChI=1S/C12H10FNO4/c13-8-3-5(14-12(16)17)1-2-6(8)9-7-4-18-11(15)10(7)9/h1-3,7,9-10,14H,4H2,(H,16,17)/t7-,9-,10-/m1/s1. The van der Waals surface area contributed by atoms with Gasteiger partial charge >= 0.3 is 12.1 Å². The molecule has 6 heteroatoms. The van der Waals surface area contributed by atoms with E-state index in [4.69, 9.17) is 9.84 Å². The zero-order valence-electron chi connectivity index (χ0n) is 9.22. The molecule has 1 saturated heterocycles. The number of hydrogen-bond acceptors (Lipinski definition) is 3. The van der Waals surface area contributed by atoms with Crippen LogP contribution in [0.25, 0.3) is 0 Å². The highest BCUT2D eigenvalue weighted by atomic mass is 19.1. The third kappa shape index (κ3) is 1.61. The van der Waals surface area contributed by atoms with Crippen LogP contribution in [0, 0.1) is 17.7 Å². The first-order valence-electron chi connectivity index (χ1n) is 5.54. The van der Waals surface area contributed by atoms with E-state index in [0.29, 0.717) is 12.2 Å². The number of hydrogen-bond donors (Lipinski definition) is 2. The molecule has 0 unspecified atom stereocenters. The van der Waals surface area contributed by atoms with Crippen molar-refractivity contribution >= 4 is 17.7 Å². The smallest absolute Gasteiger partial charge is 0.409 e. The van der Waals surface area contributed by atoms with Gasteiger partial charge in [-0.3, -0.25) is 10.1 Å². The molecule has 1 aromatic rings. The van der Waals surface area contributed by atoms with Crippen LogP contribution < -0.4 is 5.32 Å². The molecule has 1 aliphatic carbocycles. The van der Waals surface area contributed by atoms with Gasteiger partial charge in [0.05, 0.1) is 12.5 Å². The fourth-order valence-electron chi connectivity index (χ4n) is 2.60. The SMILES string of the molecule is O=C(O)Nc1ccc([C@@H]2[C@H]3COC(=O)[C@H]32)c(F)c1. The van der Waals surface area contributed by atoms with E-state index in [-0.39, 0.29) is 29.4 Å². The summed E-state index contributed by atoms with van der Waals surface area (Å²) in [5.41, 5.74) is 0.634. The molecular formula is C12H10FNO4. The number of nitrogens with one attached hydrogen (secondary N) is 1. The minimum Gasteiger partial charge on any atom is -0.465 e. The summed E-state index contributed by atoms with van der Waals surface area (Å²) >= 11 is 0. The Hall–Kier alpha value is -2.11. The molecule has 1 heterocycles. The predicted octanol–water partition coefficient (Wildman–Crippen LogP) is 1.80. The number of carboxylic acid groups (broad SMARTS) is 1. The first-order valence-corrected chi connectivity index (χ1v) is 5.54. The van der Waals surface area contributed by atoms with Crippen molar-refractivity contribution in [2.45, 2.75) is 5.92 Å². The normalized spacial score (nSPS) is 28.5. The summed E-state index contributed by atoms with van der Waals surface area (Å²) in [5.74, 6) is -1.03. The van der Waals surface area contributed by atoms with Crippen LogP contribution in [0.4, 0.5) is 14.9 Å². The number of anilines is 1. The number of cyclic esters (lactones) is 1. The zero-order chi connectivity index (χ0) is 12.9. The number of halogens is 1. The van der Waals surface area contributed by atoms with Gasteiger partial charge < -0.3 is 9.84 Å². The predicted molar refractivity (Wildman–Crippen MR) is 58.7 cm³/mol. The van der Waals surface area contributed by atoms with E-state index in [2.05, 4.69) is 5.32 Å². The van der Waals surface area contributed by atoms with Crippen LogP contribution >= 0.6 is 0 Å². The molecule has 5 nitrogen and oxygen atoms in total. The van der Waals surface area contributed by atoms with Crippen molar-refractivity contribution in [3.8, 4) is 0 Å². The highest BCUT2D eigenvalue weighted by Gasteiger charge is 2.61. The van der Waals surface area contributed by atoms with Crippen molar-refractivity contribution in [3.05, 3.63) is 29.6 Å². The van der Waals surface area contributed by atoms with E-state index in [1.165, 1.54) is 12.1 Å². The summed E-state index contributed by atoms with van der Waals surface area (Å²) in [6.07, 6.45) is -1.24. The molecule has 0 radical (unpaired) electrons. The highest BCUT2D eigenvalue weighted by molar-refractivity contribution is 5.83. The summed E-state index contributed by atoms with van der Waals surface area (Å²) in [6, 6.07) is 4.14. The van der Waals surface area contributed by atoms with Crippen LogP contribution in [0.2, 0.25) is 0 Å². The molecule has 0 bridgehead atoms. The topological polar surface area (TPSA) is 75.6 Å². The van der Waals surface area contributed by atoms with Gasteiger partial charge in [-0.15, -0.1) is 0 Å². The Morgan fingerprint density at radius 1 is 1.44 bits per heavy atom. The lowest BCUT2D eigenvalue weighted by molar-refractivity contribution is -0.141. The third-order valence-corrected chi connectivity index (χ3v) is 3.47. The van der Waals surface area contributed by atoms with Crippen molar-refractivity contribution < 1.29 is 23.8 Å². The van der Waals surface area contributed by atoms with Crippen LogP contribution in [0.1, 0.15) is 11.5 Å². The van der Waals surface area contributed by atoms with Crippen molar-refractivity contribution in [1.29, 1.82) is 0 Å². The molecule has 1 amide bonds. The van der Waals surface area contributed by atoms with Gasteiger partial charge in [0.15, 0.2) is 0 Å². The van der Waals surface area contributed by atoms with E-state index in [9.17, 15) is 14.0 Å². The van der Waals surface area contributed by atoms with Gasteiger partial charge in [0.1, 0.15) is 5.82 Å². The summed E-state index contributed by atoms with van der Waals surface area (Å²) < 4.78 is 18.7. The maximum Gasteiger partial charge on any atom is 0.409 e. The minimum absolute atomic E-state index is 0.0743.